The summed E-state index contributed by atoms with van der Waals surface area (Å²) in [5.41, 5.74) is 0. The van der Waals surface area contributed by atoms with E-state index in [0.717, 1.165) is 12.8 Å². The molecule has 0 bridgehead atoms. The first-order chi connectivity index (χ1) is 8.06. The summed E-state index contributed by atoms with van der Waals surface area (Å²) in [5.74, 6) is -1.42. The van der Waals surface area contributed by atoms with Crippen molar-refractivity contribution in [2.45, 2.75) is 45.6 Å². The minimum Gasteiger partial charge on any atom is -0.481 e. The predicted molar refractivity (Wildman–Crippen MR) is 64.8 cm³/mol. The molecule has 1 atom stereocenters. The quantitative estimate of drug-likeness (QED) is 0.770. The van der Waals surface area contributed by atoms with E-state index in [0.29, 0.717) is 12.6 Å². The van der Waals surface area contributed by atoms with Crippen molar-refractivity contribution in [2.75, 3.05) is 13.1 Å². The number of urea groups is 1. The highest BCUT2D eigenvalue weighted by Gasteiger charge is 2.25. The minimum absolute atomic E-state index is 0.132. The summed E-state index contributed by atoms with van der Waals surface area (Å²) in [7, 11) is 0. The van der Waals surface area contributed by atoms with Gasteiger partial charge in [0.05, 0.1) is 5.92 Å². The molecule has 1 unspecified atom stereocenters. The molecule has 1 fully saturated rings. The molecule has 0 radical (unpaired) electrons. The van der Waals surface area contributed by atoms with E-state index < -0.39 is 11.9 Å². The Morgan fingerprint density at radius 1 is 1.41 bits per heavy atom. The Bertz CT molecular complexity index is 275. The zero-order chi connectivity index (χ0) is 12.8. The van der Waals surface area contributed by atoms with Gasteiger partial charge in [-0.15, -0.1) is 0 Å². The third-order valence-electron chi connectivity index (χ3n) is 3.35. The molecular formula is C12H22N2O3. The normalized spacial score (nSPS) is 17.8. The third-order valence-corrected chi connectivity index (χ3v) is 3.35. The van der Waals surface area contributed by atoms with E-state index in [1.807, 2.05) is 11.8 Å². The topological polar surface area (TPSA) is 69.6 Å². The van der Waals surface area contributed by atoms with Gasteiger partial charge in [0, 0.05) is 19.1 Å². The maximum absolute atomic E-state index is 11.9. The number of carboxylic acids is 1. The fourth-order valence-corrected chi connectivity index (χ4v) is 2.21. The second kappa shape index (κ2) is 6.47. The Labute approximate surface area is 102 Å². The fourth-order valence-electron chi connectivity index (χ4n) is 2.21. The van der Waals surface area contributed by atoms with Gasteiger partial charge in [-0.3, -0.25) is 4.79 Å². The standard InChI is InChI=1S/C12H22N2O3/c1-3-14(10-6-4-5-7-10)12(17)13-8-9(2)11(15)16/h9-10H,3-8H2,1-2H3,(H,13,17)(H,15,16). The highest BCUT2D eigenvalue weighted by molar-refractivity contribution is 5.76. The molecule has 0 spiro atoms. The number of nitrogens with one attached hydrogen (secondary N) is 1. The largest absolute Gasteiger partial charge is 0.481 e. The summed E-state index contributed by atoms with van der Waals surface area (Å²) < 4.78 is 0. The van der Waals surface area contributed by atoms with Crippen molar-refractivity contribution in [1.29, 1.82) is 0 Å². The van der Waals surface area contributed by atoms with Gasteiger partial charge in [-0.2, -0.15) is 0 Å². The van der Waals surface area contributed by atoms with Crippen LogP contribution in [-0.2, 0) is 4.79 Å². The molecule has 0 aromatic rings. The van der Waals surface area contributed by atoms with Crippen molar-refractivity contribution in [3.63, 3.8) is 0 Å². The van der Waals surface area contributed by atoms with Crippen LogP contribution in [-0.4, -0.2) is 41.1 Å². The van der Waals surface area contributed by atoms with Crippen molar-refractivity contribution in [1.82, 2.24) is 10.2 Å². The number of carbonyl (C=O) groups excluding carboxylic acids is 1. The maximum atomic E-state index is 11.9. The van der Waals surface area contributed by atoms with E-state index in [4.69, 9.17) is 5.11 Å². The molecule has 98 valence electrons. The summed E-state index contributed by atoms with van der Waals surface area (Å²) in [6.07, 6.45) is 4.49. The van der Waals surface area contributed by atoms with Crippen LogP contribution in [0.2, 0.25) is 0 Å². The number of carboxylic acid groups (broad SMARTS) is 1. The summed E-state index contributed by atoms with van der Waals surface area (Å²) in [6.45, 7) is 4.42. The second-order valence-corrected chi connectivity index (χ2v) is 4.65. The Kier molecular flexibility index (Phi) is 5.25. The van der Waals surface area contributed by atoms with Gasteiger partial charge < -0.3 is 15.3 Å². The molecule has 2 N–H and O–H groups in total. The summed E-state index contributed by atoms with van der Waals surface area (Å²) in [4.78, 5) is 24.4. The van der Waals surface area contributed by atoms with Crippen LogP contribution in [0.4, 0.5) is 4.79 Å². The lowest BCUT2D eigenvalue weighted by molar-refractivity contribution is -0.140. The van der Waals surface area contributed by atoms with Gasteiger partial charge in [-0.05, 0) is 19.8 Å². The van der Waals surface area contributed by atoms with E-state index >= 15 is 0 Å². The van der Waals surface area contributed by atoms with Gasteiger partial charge in [-0.25, -0.2) is 4.79 Å². The highest BCUT2D eigenvalue weighted by Crippen LogP contribution is 2.23. The van der Waals surface area contributed by atoms with Crippen molar-refractivity contribution in [3.05, 3.63) is 0 Å². The van der Waals surface area contributed by atoms with Crippen LogP contribution in [0.25, 0.3) is 0 Å². The van der Waals surface area contributed by atoms with Gasteiger partial charge in [0.25, 0.3) is 0 Å². The van der Waals surface area contributed by atoms with E-state index in [1.165, 1.54) is 12.8 Å². The lowest BCUT2D eigenvalue weighted by Crippen LogP contribution is -2.46. The van der Waals surface area contributed by atoms with Crippen LogP contribution >= 0.6 is 0 Å². The number of carbonyl (C=O) groups is 2. The number of hydrogen-bond acceptors (Lipinski definition) is 2. The number of amides is 2. The smallest absolute Gasteiger partial charge is 0.317 e. The monoisotopic (exact) mass is 242 g/mol. The molecule has 5 nitrogen and oxygen atoms in total. The van der Waals surface area contributed by atoms with Crippen LogP contribution in [0.5, 0.6) is 0 Å². The van der Waals surface area contributed by atoms with E-state index in [2.05, 4.69) is 5.32 Å². The van der Waals surface area contributed by atoms with Gasteiger partial charge in [-0.1, -0.05) is 19.8 Å². The summed E-state index contributed by atoms with van der Waals surface area (Å²) >= 11 is 0. The van der Waals surface area contributed by atoms with E-state index in [-0.39, 0.29) is 12.6 Å². The molecule has 1 rings (SSSR count). The van der Waals surface area contributed by atoms with Crippen molar-refractivity contribution in [3.8, 4) is 0 Å². The molecular weight excluding hydrogens is 220 g/mol. The molecule has 0 saturated heterocycles. The number of nitrogens with zero attached hydrogens (tertiary/aromatic N) is 1. The molecule has 0 aliphatic heterocycles. The molecule has 0 aromatic heterocycles. The Balaban J connectivity index is 2.41. The van der Waals surface area contributed by atoms with Crippen LogP contribution in [0.15, 0.2) is 0 Å². The van der Waals surface area contributed by atoms with Crippen molar-refractivity contribution in [2.24, 2.45) is 5.92 Å². The summed E-state index contributed by atoms with van der Waals surface area (Å²) in [6, 6.07) is 0.202. The maximum Gasteiger partial charge on any atom is 0.317 e. The van der Waals surface area contributed by atoms with Crippen LogP contribution in [0, 0.1) is 5.92 Å². The van der Waals surface area contributed by atoms with E-state index in [1.54, 1.807) is 6.92 Å². The third kappa shape index (κ3) is 3.91. The van der Waals surface area contributed by atoms with Crippen LogP contribution in [0.1, 0.15) is 39.5 Å². The Hall–Kier alpha value is -1.26. The average molecular weight is 242 g/mol. The number of hydrogen-bond donors (Lipinski definition) is 2. The first kappa shape index (κ1) is 13.8. The van der Waals surface area contributed by atoms with Gasteiger partial charge in [0.2, 0.25) is 0 Å². The molecule has 5 heteroatoms. The molecule has 2 amide bonds. The molecule has 0 aromatic carbocycles. The SMILES string of the molecule is CCN(C(=O)NCC(C)C(=O)O)C1CCCC1. The van der Waals surface area contributed by atoms with Crippen LogP contribution < -0.4 is 5.32 Å². The number of rotatable bonds is 5. The zero-order valence-corrected chi connectivity index (χ0v) is 10.6. The molecule has 1 aliphatic carbocycles. The molecule has 1 aliphatic rings. The molecule has 0 heterocycles. The average Bonchev–Trinajstić information content (AvgIpc) is 2.80. The van der Waals surface area contributed by atoms with Crippen molar-refractivity contribution < 1.29 is 14.7 Å². The Morgan fingerprint density at radius 2 is 2.00 bits per heavy atom. The predicted octanol–water partition coefficient (Wildman–Crippen LogP) is 1.68. The van der Waals surface area contributed by atoms with E-state index in [9.17, 15) is 9.59 Å². The van der Waals surface area contributed by atoms with Gasteiger partial charge >= 0.3 is 12.0 Å². The van der Waals surface area contributed by atoms with Crippen LogP contribution in [0.3, 0.4) is 0 Å². The van der Waals surface area contributed by atoms with Gasteiger partial charge in [0.15, 0.2) is 0 Å². The molecule has 17 heavy (non-hydrogen) atoms. The zero-order valence-electron chi connectivity index (χ0n) is 10.6. The lowest BCUT2D eigenvalue weighted by Gasteiger charge is -2.28. The minimum atomic E-state index is -0.880. The Morgan fingerprint density at radius 3 is 2.47 bits per heavy atom. The first-order valence-electron chi connectivity index (χ1n) is 6.33. The number of aliphatic carboxylic acids is 1. The highest BCUT2D eigenvalue weighted by atomic mass is 16.4. The fraction of sp³-hybridized carbons (Fsp3) is 0.833. The second-order valence-electron chi connectivity index (χ2n) is 4.65. The van der Waals surface area contributed by atoms with Gasteiger partial charge in [0.1, 0.15) is 0 Å². The summed E-state index contributed by atoms with van der Waals surface area (Å²) in [5, 5.41) is 11.4. The first-order valence-corrected chi connectivity index (χ1v) is 6.33. The molecule has 1 saturated carbocycles. The lowest BCUT2D eigenvalue weighted by atomic mass is 10.2. The van der Waals surface area contributed by atoms with Crippen molar-refractivity contribution >= 4 is 12.0 Å².